The van der Waals surface area contributed by atoms with E-state index in [1.165, 1.54) is 18.2 Å². The Bertz CT molecular complexity index is 914. The van der Waals surface area contributed by atoms with Crippen LogP contribution in [0, 0.1) is 0 Å². The zero-order valence-corrected chi connectivity index (χ0v) is 15.2. The van der Waals surface area contributed by atoms with Gasteiger partial charge in [-0.15, -0.1) is 10.2 Å². The molecule has 1 fully saturated rings. The van der Waals surface area contributed by atoms with Crippen molar-refractivity contribution in [1.29, 1.82) is 0 Å². The number of benzene rings is 1. The summed E-state index contributed by atoms with van der Waals surface area (Å²) >= 11 is 1.36. The van der Waals surface area contributed by atoms with Crippen LogP contribution < -0.4 is 0 Å². The Balaban J connectivity index is 1.51. The van der Waals surface area contributed by atoms with Crippen LogP contribution in [0.3, 0.4) is 0 Å². The average molecular weight is 355 g/mol. The third kappa shape index (κ3) is 3.08. The molecule has 0 bridgehead atoms. The van der Waals surface area contributed by atoms with Crippen molar-refractivity contribution in [1.82, 2.24) is 25.1 Å². The van der Waals surface area contributed by atoms with Crippen molar-refractivity contribution < 1.29 is 4.79 Å². The molecule has 0 spiro atoms. The summed E-state index contributed by atoms with van der Waals surface area (Å²) in [7, 11) is 0. The van der Waals surface area contributed by atoms with Crippen molar-refractivity contribution in [3.8, 4) is 0 Å². The Labute approximate surface area is 150 Å². The Morgan fingerprint density at radius 2 is 2.00 bits per heavy atom. The number of aromatic amines is 1. The number of piperidine rings is 1. The van der Waals surface area contributed by atoms with Gasteiger partial charge in [-0.1, -0.05) is 30.0 Å². The van der Waals surface area contributed by atoms with Crippen LogP contribution in [0.25, 0.3) is 22.1 Å². The summed E-state index contributed by atoms with van der Waals surface area (Å²) in [6, 6.07) is 8.56. The van der Waals surface area contributed by atoms with Gasteiger partial charge in [-0.05, 0) is 39.2 Å². The molecule has 6 nitrogen and oxygen atoms in total. The van der Waals surface area contributed by atoms with Crippen molar-refractivity contribution in [2.45, 2.75) is 50.4 Å². The molecule has 1 amide bonds. The molecule has 0 saturated carbocycles. The molecule has 130 valence electrons. The molecule has 1 aromatic carbocycles. The van der Waals surface area contributed by atoms with Crippen molar-refractivity contribution in [3.63, 3.8) is 0 Å². The minimum absolute atomic E-state index is 0.157. The van der Waals surface area contributed by atoms with E-state index < -0.39 is 0 Å². The normalized spacial score (nSPS) is 21.1. The van der Waals surface area contributed by atoms with Crippen LogP contribution in [0.15, 0.2) is 29.4 Å². The van der Waals surface area contributed by atoms with Crippen molar-refractivity contribution >= 4 is 39.7 Å². The largest absolute Gasteiger partial charge is 0.338 e. The van der Waals surface area contributed by atoms with E-state index in [1.807, 2.05) is 29.2 Å². The van der Waals surface area contributed by atoms with E-state index in [-0.39, 0.29) is 5.91 Å². The van der Waals surface area contributed by atoms with Crippen LogP contribution in [0.1, 0.15) is 33.1 Å². The van der Waals surface area contributed by atoms with Crippen molar-refractivity contribution in [3.05, 3.63) is 24.3 Å². The summed E-state index contributed by atoms with van der Waals surface area (Å²) in [6.45, 7) is 4.26. The molecule has 2 aromatic heterocycles. The second kappa shape index (κ2) is 6.63. The van der Waals surface area contributed by atoms with Crippen LogP contribution in [0.5, 0.6) is 0 Å². The number of amides is 1. The van der Waals surface area contributed by atoms with E-state index in [4.69, 9.17) is 0 Å². The van der Waals surface area contributed by atoms with Crippen LogP contribution >= 0.6 is 11.8 Å². The molecule has 0 unspecified atom stereocenters. The first-order chi connectivity index (χ1) is 12.1. The third-order valence-corrected chi connectivity index (χ3v) is 5.73. The topological polar surface area (TPSA) is 74.8 Å². The highest BCUT2D eigenvalue weighted by atomic mass is 32.2. The quantitative estimate of drug-likeness (QED) is 0.729. The molecule has 1 N–H and O–H groups in total. The maximum Gasteiger partial charge on any atom is 0.233 e. The monoisotopic (exact) mass is 355 g/mol. The summed E-state index contributed by atoms with van der Waals surface area (Å²) < 4.78 is 0. The number of rotatable bonds is 3. The highest BCUT2D eigenvalue weighted by Crippen LogP contribution is 2.26. The lowest BCUT2D eigenvalue weighted by Crippen LogP contribution is -2.48. The third-order valence-electron chi connectivity index (χ3n) is 4.91. The van der Waals surface area contributed by atoms with E-state index >= 15 is 0 Å². The van der Waals surface area contributed by atoms with Gasteiger partial charge in [-0.2, -0.15) is 0 Å². The van der Waals surface area contributed by atoms with E-state index in [1.54, 1.807) is 0 Å². The van der Waals surface area contributed by atoms with E-state index in [0.717, 1.165) is 29.3 Å². The average Bonchev–Trinajstić information content (AvgIpc) is 2.97. The predicted molar refractivity (Wildman–Crippen MR) is 99.5 cm³/mol. The summed E-state index contributed by atoms with van der Waals surface area (Å²) in [6.07, 6.45) is 3.36. The number of thioether (sulfide) groups is 1. The lowest BCUT2D eigenvalue weighted by atomic mass is 9.98. The molecular formula is C18H21N5OS. The maximum absolute atomic E-state index is 12.6. The second-order valence-corrected chi connectivity index (χ2v) is 7.62. The van der Waals surface area contributed by atoms with E-state index in [9.17, 15) is 4.79 Å². The summed E-state index contributed by atoms with van der Waals surface area (Å²) in [5.41, 5.74) is 2.48. The standard InChI is InChI=1S/C18H21N5OS/c1-11-6-5-7-12(2)23(11)15(24)10-25-18-20-17-16(21-22-18)13-8-3-4-9-14(13)19-17/h3-4,8-9,11-12H,5-7,10H2,1-2H3,(H,19,20,22)/t11-,12+. The first-order valence-electron chi connectivity index (χ1n) is 8.68. The molecule has 7 heteroatoms. The van der Waals surface area contributed by atoms with E-state index in [0.29, 0.717) is 28.6 Å². The van der Waals surface area contributed by atoms with Gasteiger partial charge in [0.15, 0.2) is 5.65 Å². The SMILES string of the molecule is C[C@@H]1CCC[C@H](C)N1C(=O)CSc1nnc2c(n1)[nH]c1ccccc12. The molecule has 1 aliphatic heterocycles. The number of para-hydroxylation sites is 1. The number of carbonyl (C=O) groups is 1. The molecule has 4 rings (SSSR count). The minimum Gasteiger partial charge on any atom is -0.338 e. The van der Waals surface area contributed by atoms with Crippen molar-refractivity contribution in [2.24, 2.45) is 0 Å². The molecule has 2 atom stereocenters. The molecule has 0 aliphatic carbocycles. The fourth-order valence-electron chi connectivity index (χ4n) is 3.68. The van der Waals surface area contributed by atoms with Gasteiger partial charge in [-0.3, -0.25) is 4.79 Å². The number of hydrogen-bond donors (Lipinski definition) is 1. The molecule has 3 heterocycles. The highest BCUT2D eigenvalue weighted by Gasteiger charge is 2.28. The number of nitrogens with zero attached hydrogens (tertiary/aromatic N) is 4. The zero-order chi connectivity index (χ0) is 17.4. The molecule has 1 aliphatic rings. The van der Waals surface area contributed by atoms with Gasteiger partial charge in [0, 0.05) is 23.0 Å². The van der Waals surface area contributed by atoms with Crippen LogP contribution in [-0.4, -0.2) is 48.8 Å². The molecular weight excluding hydrogens is 334 g/mol. The first kappa shape index (κ1) is 16.3. The Kier molecular flexibility index (Phi) is 4.33. The highest BCUT2D eigenvalue weighted by molar-refractivity contribution is 7.99. The molecule has 0 radical (unpaired) electrons. The van der Waals surface area contributed by atoms with Gasteiger partial charge < -0.3 is 9.88 Å². The van der Waals surface area contributed by atoms with Gasteiger partial charge in [0.05, 0.1) is 5.75 Å². The maximum atomic E-state index is 12.6. The fraction of sp³-hybridized carbons (Fsp3) is 0.444. The van der Waals surface area contributed by atoms with Crippen molar-refractivity contribution in [2.75, 3.05) is 5.75 Å². The molecule has 1 saturated heterocycles. The minimum atomic E-state index is 0.157. The summed E-state index contributed by atoms with van der Waals surface area (Å²) in [5, 5.41) is 10.0. The zero-order valence-electron chi connectivity index (χ0n) is 14.4. The predicted octanol–water partition coefficient (Wildman–Crippen LogP) is 3.39. The van der Waals surface area contributed by atoms with Gasteiger partial charge in [0.25, 0.3) is 0 Å². The Hall–Kier alpha value is -2.15. The van der Waals surface area contributed by atoms with Gasteiger partial charge >= 0.3 is 0 Å². The lowest BCUT2D eigenvalue weighted by Gasteiger charge is -2.39. The fourth-order valence-corrected chi connectivity index (χ4v) is 4.34. The van der Waals surface area contributed by atoms with Crippen LogP contribution in [0.2, 0.25) is 0 Å². The second-order valence-electron chi connectivity index (χ2n) is 6.68. The number of nitrogens with one attached hydrogen (secondary N) is 1. The number of hydrogen-bond acceptors (Lipinski definition) is 5. The van der Waals surface area contributed by atoms with Crippen LogP contribution in [0.4, 0.5) is 0 Å². The Morgan fingerprint density at radius 3 is 2.80 bits per heavy atom. The smallest absolute Gasteiger partial charge is 0.233 e. The number of carbonyl (C=O) groups excluding carboxylic acids is 1. The molecule has 3 aromatic rings. The number of likely N-dealkylation sites (tertiary alicyclic amines) is 1. The van der Waals surface area contributed by atoms with E-state index in [2.05, 4.69) is 34.0 Å². The lowest BCUT2D eigenvalue weighted by molar-refractivity contribution is -0.134. The van der Waals surface area contributed by atoms with Crippen LogP contribution in [-0.2, 0) is 4.79 Å². The number of aromatic nitrogens is 4. The number of H-pyrrole nitrogens is 1. The molecule has 25 heavy (non-hydrogen) atoms. The van der Waals surface area contributed by atoms with Gasteiger partial charge in [0.1, 0.15) is 5.52 Å². The summed E-state index contributed by atoms with van der Waals surface area (Å²) in [4.78, 5) is 22.4. The summed E-state index contributed by atoms with van der Waals surface area (Å²) in [5.74, 6) is 0.507. The van der Waals surface area contributed by atoms with Gasteiger partial charge in [0.2, 0.25) is 11.1 Å². The Morgan fingerprint density at radius 1 is 1.24 bits per heavy atom. The van der Waals surface area contributed by atoms with Gasteiger partial charge in [-0.25, -0.2) is 4.98 Å². The number of fused-ring (bicyclic) bond motifs is 3. The first-order valence-corrected chi connectivity index (χ1v) is 9.67.